The Morgan fingerprint density at radius 2 is 1.72 bits per heavy atom. The number of halogens is 3. The second-order valence-electron chi connectivity index (χ2n) is 4.59. The van der Waals surface area contributed by atoms with E-state index in [1.807, 2.05) is 6.92 Å². The maximum atomic E-state index is 12.2. The van der Waals surface area contributed by atoms with Gasteiger partial charge in [-0.2, -0.15) is 13.2 Å². The van der Waals surface area contributed by atoms with Gasteiger partial charge in [-0.1, -0.05) is 17.7 Å². The molecule has 0 aliphatic heterocycles. The summed E-state index contributed by atoms with van der Waals surface area (Å²) in [5.41, 5.74) is -1.05. The second kappa shape index (κ2) is 5.40. The van der Waals surface area contributed by atoms with Gasteiger partial charge in [0.15, 0.2) is 0 Å². The van der Waals surface area contributed by atoms with Gasteiger partial charge in [-0.25, -0.2) is 0 Å². The molecular formula is C12H15F3O2S. The molecule has 0 saturated carbocycles. The normalized spacial score (nSPS) is 17.2. The average molecular weight is 280 g/mol. The number of aryl methyl sites for hydroxylation is 1. The van der Waals surface area contributed by atoms with Gasteiger partial charge in [0.2, 0.25) is 0 Å². The van der Waals surface area contributed by atoms with Crippen LogP contribution in [0.5, 0.6) is 0 Å². The van der Waals surface area contributed by atoms with Crippen molar-refractivity contribution in [2.24, 2.45) is 0 Å². The van der Waals surface area contributed by atoms with Gasteiger partial charge in [0.25, 0.3) is 0 Å². The van der Waals surface area contributed by atoms with Crippen LogP contribution in [-0.4, -0.2) is 26.8 Å². The fourth-order valence-electron chi connectivity index (χ4n) is 1.54. The van der Waals surface area contributed by atoms with E-state index in [4.69, 9.17) is 0 Å². The molecule has 0 fully saturated rings. The molecule has 1 aromatic rings. The van der Waals surface area contributed by atoms with Crippen LogP contribution in [0.3, 0.4) is 0 Å². The molecule has 0 spiro atoms. The SMILES string of the molecule is Cc1ccc(S(=O)CC(C)(O)CC(F)(F)F)cc1. The van der Waals surface area contributed by atoms with Crippen LogP contribution in [0.15, 0.2) is 29.2 Å². The molecule has 0 amide bonds. The maximum absolute atomic E-state index is 12.2. The van der Waals surface area contributed by atoms with Gasteiger partial charge >= 0.3 is 6.18 Å². The van der Waals surface area contributed by atoms with Crippen LogP contribution >= 0.6 is 0 Å². The molecule has 0 aromatic heterocycles. The zero-order chi connectivity index (χ0) is 14.0. The smallest absolute Gasteiger partial charge is 0.389 e. The zero-order valence-corrected chi connectivity index (χ0v) is 10.9. The molecule has 2 nitrogen and oxygen atoms in total. The van der Waals surface area contributed by atoms with E-state index in [1.54, 1.807) is 24.3 Å². The van der Waals surface area contributed by atoms with Crippen LogP contribution in [0.4, 0.5) is 13.2 Å². The van der Waals surface area contributed by atoms with Crippen LogP contribution < -0.4 is 0 Å². The van der Waals surface area contributed by atoms with Gasteiger partial charge in [0.1, 0.15) is 0 Å². The molecule has 102 valence electrons. The predicted molar refractivity (Wildman–Crippen MR) is 63.8 cm³/mol. The Hall–Kier alpha value is -0.880. The zero-order valence-electron chi connectivity index (χ0n) is 10.1. The van der Waals surface area contributed by atoms with Crippen molar-refractivity contribution < 1.29 is 22.5 Å². The average Bonchev–Trinajstić information content (AvgIpc) is 2.13. The van der Waals surface area contributed by atoms with Crippen LogP contribution in [0.1, 0.15) is 18.9 Å². The van der Waals surface area contributed by atoms with Crippen molar-refractivity contribution >= 4 is 10.8 Å². The number of rotatable bonds is 4. The molecule has 2 atom stereocenters. The van der Waals surface area contributed by atoms with E-state index in [-0.39, 0.29) is 0 Å². The molecule has 1 rings (SSSR count). The Balaban J connectivity index is 2.72. The third-order valence-electron chi connectivity index (χ3n) is 2.31. The number of hydrogen-bond donors (Lipinski definition) is 1. The molecule has 18 heavy (non-hydrogen) atoms. The minimum atomic E-state index is -4.47. The monoisotopic (exact) mass is 280 g/mol. The van der Waals surface area contributed by atoms with Crippen LogP contribution in [0.25, 0.3) is 0 Å². The first-order valence-corrected chi connectivity index (χ1v) is 6.65. The molecule has 0 saturated heterocycles. The highest BCUT2D eigenvalue weighted by Gasteiger charge is 2.39. The number of hydrogen-bond acceptors (Lipinski definition) is 2. The van der Waals surface area contributed by atoms with Crippen molar-refractivity contribution in [1.29, 1.82) is 0 Å². The van der Waals surface area contributed by atoms with Crippen molar-refractivity contribution in [1.82, 2.24) is 0 Å². The van der Waals surface area contributed by atoms with Crippen molar-refractivity contribution in [3.05, 3.63) is 29.8 Å². The molecule has 1 aromatic carbocycles. The predicted octanol–water partition coefficient (Wildman–Crippen LogP) is 2.81. The summed E-state index contributed by atoms with van der Waals surface area (Å²) in [5.74, 6) is -0.435. The van der Waals surface area contributed by atoms with E-state index in [1.165, 1.54) is 0 Å². The highest BCUT2D eigenvalue weighted by Crippen LogP contribution is 2.28. The lowest BCUT2D eigenvalue weighted by molar-refractivity contribution is -0.167. The van der Waals surface area contributed by atoms with Gasteiger partial charge < -0.3 is 5.11 Å². The Labute approximate surface area is 106 Å². The summed E-state index contributed by atoms with van der Waals surface area (Å²) >= 11 is 0. The van der Waals surface area contributed by atoms with Crippen molar-refractivity contribution in [3.63, 3.8) is 0 Å². The lowest BCUT2D eigenvalue weighted by Crippen LogP contribution is -2.36. The summed E-state index contributed by atoms with van der Waals surface area (Å²) in [4.78, 5) is 0.419. The largest absolute Gasteiger partial charge is 0.391 e. The Morgan fingerprint density at radius 3 is 2.17 bits per heavy atom. The molecule has 2 unspecified atom stereocenters. The van der Waals surface area contributed by atoms with E-state index >= 15 is 0 Å². The Bertz CT molecular complexity index is 424. The maximum Gasteiger partial charge on any atom is 0.391 e. The topological polar surface area (TPSA) is 37.3 Å². The van der Waals surface area contributed by atoms with Gasteiger partial charge in [-0.05, 0) is 26.0 Å². The van der Waals surface area contributed by atoms with Gasteiger partial charge in [0.05, 0.1) is 28.6 Å². The van der Waals surface area contributed by atoms with Crippen LogP contribution in [0, 0.1) is 6.92 Å². The highest BCUT2D eigenvalue weighted by molar-refractivity contribution is 7.85. The van der Waals surface area contributed by atoms with Crippen LogP contribution in [0.2, 0.25) is 0 Å². The first kappa shape index (κ1) is 15.2. The number of alkyl halides is 3. The molecule has 0 aliphatic rings. The van der Waals surface area contributed by atoms with E-state index in [9.17, 15) is 22.5 Å². The molecule has 0 aliphatic carbocycles. The summed E-state index contributed by atoms with van der Waals surface area (Å²) in [6.07, 6.45) is -5.83. The number of benzene rings is 1. The quantitative estimate of drug-likeness (QED) is 0.921. The van der Waals surface area contributed by atoms with Crippen LogP contribution in [-0.2, 0) is 10.8 Å². The summed E-state index contributed by atoms with van der Waals surface area (Å²) < 4.78 is 48.4. The van der Waals surface area contributed by atoms with Gasteiger partial charge in [0, 0.05) is 4.90 Å². The fourth-order valence-corrected chi connectivity index (χ4v) is 2.81. The van der Waals surface area contributed by atoms with E-state index < -0.39 is 34.8 Å². The minimum Gasteiger partial charge on any atom is -0.389 e. The molecule has 0 bridgehead atoms. The third-order valence-corrected chi connectivity index (χ3v) is 3.99. The standard InChI is InChI=1S/C12H15F3O2S/c1-9-3-5-10(6-4-9)18(17)8-11(2,16)7-12(13,14)15/h3-6,16H,7-8H2,1-2H3. The summed E-state index contributed by atoms with van der Waals surface area (Å²) in [6, 6.07) is 6.64. The lowest BCUT2D eigenvalue weighted by atomic mass is 10.1. The molecular weight excluding hydrogens is 265 g/mol. The first-order valence-electron chi connectivity index (χ1n) is 5.33. The van der Waals surface area contributed by atoms with E-state index in [0.29, 0.717) is 4.90 Å². The van der Waals surface area contributed by atoms with Gasteiger partial charge in [-0.15, -0.1) is 0 Å². The van der Waals surface area contributed by atoms with Crippen molar-refractivity contribution in [3.8, 4) is 0 Å². The summed E-state index contributed by atoms with van der Waals surface area (Å²) in [7, 11) is -1.65. The highest BCUT2D eigenvalue weighted by atomic mass is 32.2. The Kier molecular flexibility index (Phi) is 4.55. The number of aliphatic hydroxyl groups is 1. The lowest BCUT2D eigenvalue weighted by Gasteiger charge is -2.23. The molecule has 1 N–H and O–H groups in total. The summed E-state index contributed by atoms with van der Waals surface area (Å²) in [6.45, 7) is 2.90. The van der Waals surface area contributed by atoms with E-state index in [0.717, 1.165) is 12.5 Å². The molecule has 6 heteroatoms. The van der Waals surface area contributed by atoms with E-state index in [2.05, 4.69) is 0 Å². The first-order chi connectivity index (χ1) is 8.09. The molecule has 0 radical (unpaired) electrons. The van der Waals surface area contributed by atoms with Crippen molar-refractivity contribution in [2.45, 2.75) is 36.9 Å². The fraction of sp³-hybridized carbons (Fsp3) is 0.500. The minimum absolute atomic E-state index is 0.419. The second-order valence-corrected chi connectivity index (χ2v) is 6.04. The van der Waals surface area contributed by atoms with Gasteiger partial charge in [-0.3, -0.25) is 4.21 Å². The molecule has 0 heterocycles. The Morgan fingerprint density at radius 1 is 1.22 bits per heavy atom. The van der Waals surface area contributed by atoms with Crippen molar-refractivity contribution in [2.75, 3.05) is 5.75 Å². The summed E-state index contributed by atoms with van der Waals surface area (Å²) in [5, 5.41) is 9.62. The third kappa shape index (κ3) is 5.18.